The van der Waals surface area contributed by atoms with Crippen molar-refractivity contribution in [3.8, 4) is 5.75 Å². The smallest absolute Gasteiger partial charge is 0.262 e. The Morgan fingerprint density at radius 1 is 1.28 bits per heavy atom. The van der Waals surface area contributed by atoms with Crippen LogP contribution in [0.25, 0.3) is 0 Å². The normalized spacial score (nSPS) is 10.1. The van der Waals surface area contributed by atoms with Gasteiger partial charge in [-0.3, -0.25) is 9.69 Å². The maximum Gasteiger partial charge on any atom is 0.262 e. The van der Waals surface area contributed by atoms with Crippen molar-refractivity contribution in [1.29, 1.82) is 0 Å². The fourth-order valence-electron chi connectivity index (χ4n) is 1.66. The molecule has 0 spiro atoms. The number of aromatic hydroxyl groups is 1. The van der Waals surface area contributed by atoms with Crippen LogP contribution in [0, 0.1) is 6.92 Å². The molecule has 1 amide bonds. The van der Waals surface area contributed by atoms with Crippen LogP contribution in [-0.2, 0) is 0 Å². The Morgan fingerprint density at radius 2 is 2.06 bits per heavy atom. The van der Waals surface area contributed by atoms with Crippen molar-refractivity contribution in [3.05, 3.63) is 53.7 Å². The van der Waals surface area contributed by atoms with Gasteiger partial charge in [-0.2, -0.15) is 0 Å². The van der Waals surface area contributed by atoms with Crippen LogP contribution in [0.2, 0.25) is 0 Å². The largest absolute Gasteiger partial charge is 0.507 e. The molecule has 4 heteroatoms. The van der Waals surface area contributed by atoms with E-state index < -0.39 is 0 Å². The fraction of sp³-hybridized carbons (Fsp3) is 0.143. The van der Waals surface area contributed by atoms with Crippen molar-refractivity contribution in [2.24, 2.45) is 0 Å². The molecule has 0 saturated carbocycles. The standard InChI is InChI=1S/C14H14N2O2/c1-10-6-7-12(17)11(9-10)14(18)16(2)13-5-3-4-8-15-13/h3-9,17H,1-2H3. The van der Waals surface area contributed by atoms with E-state index in [1.165, 1.54) is 11.0 Å². The number of pyridine rings is 1. The number of nitrogens with zero attached hydrogens (tertiary/aromatic N) is 2. The zero-order valence-electron chi connectivity index (χ0n) is 10.3. The van der Waals surface area contributed by atoms with Gasteiger partial charge in [0.1, 0.15) is 11.6 Å². The minimum absolute atomic E-state index is 0.0200. The van der Waals surface area contributed by atoms with Gasteiger partial charge in [0.15, 0.2) is 0 Å². The maximum absolute atomic E-state index is 12.2. The number of phenolic OH excluding ortho intramolecular Hbond substituents is 1. The predicted molar refractivity (Wildman–Crippen MR) is 69.8 cm³/mol. The van der Waals surface area contributed by atoms with E-state index in [4.69, 9.17) is 0 Å². The number of hydrogen-bond donors (Lipinski definition) is 1. The van der Waals surface area contributed by atoms with Crippen molar-refractivity contribution in [3.63, 3.8) is 0 Å². The summed E-state index contributed by atoms with van der Waals surface area (Å²) in [7, 11) is 1.63. The average molecular weight is 242 g/mol. The third-order valence-corrected chi connectivity index (χ3v) is 2.68. The molecule has 2 rings (SSSR count). The number of carbonyl (C=O) groups is 1. The highest BCUT2D eigenvalue weighted by atomic mass is 16.3. The maximum atomic E-state index is 12.2. The minimum atomic E-state index is -0.282. The van der Waals surface area contributed by atoms with Gasteiger partial charge in [-0.25, -0.2) is 4.98 Å². The summed E-state index contributed by atoms with van der Waals surface area (Å²) in [5.41, 5.74) is 1.20. The third kappa shape index (κ3) is 2.32. The molecule has 1 aromatic heterocycles. The molecule has 1 heterocycles. The van der Waals surface area contributed by atoms with E-state index in [9.17, 15) is 9.90 Å². The molecule has 4 nitrogen and oxygen atoms in total. The summed E-state index contributed by atoms with van der Waals surface area (Å²) in [5, 5.41) is 9.73. The van der Waals surface area contributed by atoms with Crippen LogP contribution in [0.3, 0.4) is 0 Å². The Balaban J connectivity index is 2.34. The van der Waals surface area contributed by atoms with E-state index in [-0.39, 0.29) is 17.2 Å². The molecule has 0 aliphatic carbocycles. The number of hydrogen-bond acceptors (Lipinski definition) is 3. The second-order valence-corrected chi connectivity index (χ2v) is 4.07. The highest BCUT2D eigenvalue weighted by Gasteiger charge is 2.17. The molecule has 92 valence electrons. The molecule has 0 aliphatic heterocycles. The predicted octanol–water partition coefficient (Wildman–Crippen LogP) is 2.37. The van der Waals surface area contributed by atoms with Crippen molar-refractivity contribution in [2.45, 2.75) is 6.92 Å². The highest BCUT2D eigenvalue weighted by molar-refractivity contribution is 6.07. The first kappa shape index (κ1) is 12.1. The lowest BCUT2D eigenvalue weighted by atomic mass is 10.1. The van der Waals surface area contributed by atoms with Crippen LogP contribution < -0.4 is 4.90 Å². The van der Waals surface area contributed by atoms with Crippen LogP contribution in [0.5, 0.6) is 5.75 Å². The molecule has 0 fully saturated rings. The molecule has 0 saturated heterocycles. The summed E-state index contributed by atoms with van der Waals surface area (Å²) in [6.45, 7) is 1.87. The molecule has 0 unspecified atom stereocenters. The number of rotatable bonds is 2. The Morgan fingerprint density at radius 3 is 2.72 bits per heavy atom. The number of amides is 1. The van der Waals surface area contributed by atoms with E-state index in [1.54, 1.807) is 37.5 Å². The summed E-state index contributed by atoms with van der Waals surface area (Å²) >= 11 is 0. The minimum Gasteiger partial charge on any atom is -0.507 e. The van der Waals surface area contributed by atoms with Gasteiger partial charge in [-0.15, -0.1) is 0 Å². The van der Waals surface area contributed by atoms with Gasteiger partial charge in [-0.05, 0) is 31.2 Å². The molecule has 0 aliphatic rings. The van der Waals surface area contributed by atoms with Gasteiger partial charge in [0.05, 0.1) is 5.56 Å². The van der Waals surface area contributed by atoms with E-state index in [1.807, 2.05) is 13.0 Å². The van der Waals surface area contributed by atoms with E-state index >= 15 is 0 Å². The molecule has 0 radical (unpaired) electrons. The number of aromatic nitrogens is 1. The topological polar surface area (TPSA) is 53.4 Å². The van der Waals surface area contributed by atoms with Gasteiger partial charge >= 0.3 is 0 Å². The lowest BCUT2D eigenvalue weighted by molar-refractivity contribution is 0.0989. The zero-order chi connectivity index (χ0) is 13.1. The van der Waals surface area contributed by atoms with Crippen LogP contribution >= 0.6 is 0 Å². The van der Waals surface area contributed by atoms with Gasteiger partial charge < -0.3 is 5.11 Å². The monoisotopic (exact) mass is 242 g/mol. The number of benzene rings is 1. The Kier molecular flexibility index (Phi) is 3.28. The SMILES string of the molecule is Cc1ccc(O)c(C(=O)N(C)c2ccccn2)c1. The molecule has 1 N–H and O–H groups in total. The second-order valence-electron chi connectivity index (χ2n) is 4.07. The fourth-order valence-corrected chi connectivity index (χ4v) is 1.66. The molecular weight excluding hydrogens is 228 g/mol. The van der Waals surface area contributed by atoms with Gasteiger partial charge in [0.2, 0.25) is 0 Å². The number of carbonyl (C=O) groups excluding carboxylic acids is 1. The first-order valence-electron chi connectivity index (χ1n) is 5.58. The summed E-state index contributed by atoms with van der Waals surface area (Å²) in [4.78, 5) is 17.8. The average Bonchev–Trinajstić information content (AvgIpc) is 2.41. The second kappa shape index (κ2) is 4.87. The number of phenols is 1. The molecule has 2 aromatic rings. The van der Waals surface area contributed by atoms with Gasteiger partial charge in [0.25, 0.3) is 5.91 Å². The quantitative estimate of drug-likeness (QED) is 0.879. The van der Waals surface area contributed by atoms with E-state index in [2.05, 4.69) is 4.98 Å². The first-order valence-corrected chi connectivity index (χ1v) is 5.58. The Labute approximate surface area is 106 Å². The van der Waals surface area contributed by atoms with Crippen LogP contribution in [-0.4, -0.2) is 23.0 Å². The highest BCUT2D eigenvalue weighted by Crippen LogP contribution is 2.21. The van der Waals surface area contributed by atoms with Crippen LogP contribution in [0.1, 0.15) is 15.9 Å². The summed E-state index contributed by atoms with van der Waals surface area (Å²) in [6, 6.07) is 10.3. The van der Waals surface area contributed by atoms with Crippen molar-refractivity contribution < 1.29 is 9.90 Å². The number of anilines is 1. The van der Waals surface area contributed by atoms with Crippen LogP contribution in [0.4, 0.5) is 5.82 Å². The molecule has 0 bridgehead atoms. The first-order chi connectivity index (χ1) is 8.59. The van der Waals surface area contributed by atoms with E-state index in [0.717, 1.165) is 5.56 Å². The number of aryl methyl sites for hydroxylation is 1. The molecule has 18 heavy (non-hydrogen) atoms. The summed E-state index contributed by atoms with van der Waals surface area (Å²) < 4.78 is 0. The third-order valence-electron chi connectivity index (χ3n) is 2.68. The van der Waals surface area contributed by atoms with Gasteiger partial charge in [-0.1, -0.05) is 17.7 Å². The Hall–Kier alpha value is -2.36. The molecule has 0 atom stereocenters. The van der Waals surface area contributed by atoms with E-state index in [0.29, 0.717) is 5.82 Å². The van der Waals surface area contributed by atoms with Gasteiger partial charge in [0, 0.05) is 13.2 Å². The lowest BCUT2D eigenvalue weighted by Gasteiger charge is -2.16. The summed E-state index contributed by atoms with van der Waals surface area (Å²) in [6.07, 6.45) is 1.62. The Bertz CT molecular complexity index is 567. The van der Waals surface area contributed by atoms with Crippen molar-refractivity contribution >= 4 is 11.7 Å². The van der Waals surface area contributed by atoms with Crippen molar-refractivity contribution in [2.75, 3.05) is 11.9 Å². The molecular formula is C14H14N2O2. The summed E-state index contributed by atoms with van der Waals surface area (Å²) in [5.74, 6) is 0.242. The zero-order valence-corrected chi connectivity index (χ0v) is 10.3. The van der Waals surface area contributed by atoms with Crippen molar-refractivity contribution in [1.82, 2.24) is 4.98 Å². The lowest BCUT2D eigenvalue weighted by Crippen LogP contribution is -2.27. The van der Waals surface area contributed by atoms with Crippen LogP contribution in [0.15, 0.2) is 42.6 Å². The molecule has 1 aromatic carbocycles.